The Morgan fingerprint density at radius 3 is 2.15 bits per heavy atom. The lowest BCUT2D eigenvalue weighted by molar-refractivity contribution is -0.153. The summed E-state index contributed by atoms with van der Waals surface area (Å²) >= 11 is 0. The van der Waals surface area contributed by atoms with E-state index in [0.29, 0.717) is 6.42 Å². The molecule has 1 aliphatic rings. The molecule has 3 nitrogen and oxygen atoms in total. The van der Waals surface area contributed by atoms with Crippen LogP contribution in [0.5, 0.6) is 0 Å². The predicted octanol–water partition coefficient (Wildman–Crippen LogP) is 4.55. The van der Waals surface area contributed by atoms with Gasteiger partial charge in [0, 0.05) is 0 Å². The zero-order chi connectivity index (χ0) is 14.6. The maximum Gasteiger partial charge on any atom is 0.317 e. The lowest BCUT2D eigenvalue weighted by Gasteiger charge is -2.04. The van der Waals surface area contributed by atoms with Gasteiger partial charge in [-0.05, 0) is 26.2 Å². The Labute approximate surface area is 122 Å². The summed E-state index contributed by atoms with van der Waals surface area (Å²) in [5.74, 6) is -0.817. The summed E-state index contributed by atoms with van der Waals surface area (Å²) in [5.41, 5.74) is 0. The molecule has 114 valence electrons. The molecule has 0 N–H and O–H groups in total. The second-order valence-corrected chi connectivity index (χ2v) is 5.67. The van der Waals surface area contributed by atoms with Crippen molar-refractivity contribution in [3.8, 4) is 0 Å². The standard InChI is InChI=1S/C17H28O3/c1-2-3-4-5-6-7-8-9-10-11-12-13-15-14-16(18)20-17(15)19/h2-3,15H,4-14H2,1H3/b3-2+. The average Bonchev–Trinajstić information content (AvgIpc) is 2.74. The first kappa shape index (κ1) is 16.9. The molecule has 1 atom stereocenters. The van der Waals surface area contributed by atoms with Gasteiger partial charge in [0.15, 0.2) is 0 Å². The van der Waals surface area contributed by atoms with E-state index in [1.165, 1.54) is 44.9 Å². The molecular formula is C17H28O3. The van der Waals surface area contributed by atoms with E-state index in [9.17, 15) is 9.59 Å². The summed E-state index contributed by atoms with van der Waals surface area (Å²) in [7, 11) is 0. The van der Waals surface area contributed by atoms with Crippen molar-refractivity contribution >= 4 is 11.9 Å². The molecule has 0 amide bonds. The third-order valence-electron chi connectivity index (χ3n) is 3.87. The lowest BCUT2D eigenvalue weighted by Crippen LogP contribution is -2.06. The Bertz CT molecular complexity index is 320. The van der Waals surface area contributed by atoms with Crippen LogP contribution in [0.3, 0.4) is 0 Å². The number of hydrogen-bond acceptors (Lipinski definition) is 3. The number of hydrogen-bond donors (Lipinski definition) is 0. The van der Waals surface area contributed by atoms with Crippen molar-refractivity contribution in [3.63, 3.8) is 0 Å². The van der Waals surface area contributed by atoms with Crippen LogP contribution in [-0.2, 0) is 14.3 Å². The van der Waals surface area contributed by atoms with Gasteiger partial charge in [0.05, 0.1) is 12.3 Å². The fourth-order valence-corrected chi connectivity index (χ4v) is 2.62. The Hall–Kier alpha value is -1.12. The Morgan fingerprint density at radius 2 is 1.60 bits per heavy atom. The first-order chi connectivity index (χ1) is 9.74. The quantitative estimate of drug-likeness (QED) is 0.241. The third kappa shape index (κ3) is 7.46. The molecular weight excluding hydrogens is 252 g/mol. The maximum atomic E-state index is 11.3. The van der Waals surface area contributed by atoms with E-state index < -0.39 is 0 Å². The molecule has 0 aromatic carbocycles. The first-order valence-corrected chi connectivity index (χ1v) is 8.09. The molecule has 0 aromatic heterocycles. The SMILES string of the molecule is C/C=C/CCCCCCCCCCC1CC(=O)OC1=O. The normalized spacial score (nSPS) is 18.9. The topological polar surface area (TPSA) is 43.4 Å². The zero-order valence-corrected chi connectivity index (χ0v) is 12.7. The van der Waals surface area contributed by atoms with Gasteiger partial charge in [0.2, 0.25) is 0 Å². The van der Waals surface area contributed by atoms with E-state index in [1.54, 1.807) is 0 Å². The summed E-state index contributed by atoms with van der Waals surface area (Å²) in [6.07, 6.45) is 16.7. The molecule has 1 unspecified atom stereocenters. The van der Waals surface area contributed by atoms with Crippen molar-refractivity contribution in [2.45, 2.75) is 77.6 Å². The van der Waals surface area contributed by atoms with Crippen LogP contribution in [0.2, 0.25) is 0 Å². The summed E-state index contributed by atoms with van der Waals surface area (Å²) in [6.45, 7) is 2.07. The van der Waals surface area contributed by atoms with E-state index in [4.69, 9.17) is 0 Å². The van der Waals surface area contributed by atoms with Crippen molar-refractivity contribution in [1.29, 1.82) is 0 Å². The smallest absolute Gasteiger partial charge is 0.317 e. The van der Waals surface area contributed by atoms with E-state index in [0.717, 1.165) is 19.3 Å². The van der Waals surface area contributed by atoms with Gasteiger partial charge >= 0.3 is 11.9 Å². The van der Waals surface area contributed by atoms with Gasteiger partial charge in [-0.15, -0.1) is 0 Å². The van der Waals surface area contributed by atoms with Gasteiger partial charge in [-0.2, -0.15) is 0 Å². The minimum Gasteiger partial charge on any atom is -0.393 e. The summed E-state index contributed by atoms with van der Waals surface area (Å²) in [5, 5.41) is 0. The van der Waals surface area contributed by atoms with Crippen LogP contribution in [0.15, 0.2) is 12.2 Å². The molecule has 3 heteroatoms. The molecule has 1 saturated heterocycles. The Morgan fingerprint density at radius 1 is 1.00 bits per heavy atom. The van der Waals surface area contributed by atoms with Crippen LogP contribution in [0, 0.1) is 5.92 Å². The number of allylic oxidation sites excluding steroid dienone is 2. The van der Waals surface area contributed by atoms with Crippen LogP contribution in [0.1, 0.15) is 77.6 Å². The molecule has 20 heavy (non-hydrogen) atoms. The lowest BCUT2D eigenvalue weighted by atomic mass is 9.99. The molecule has 0 spiro atoms. The molecule has 1 rings (SSSR count). The molecule has 0 aliphatic carbocycles. The maximum absolute atomic E-state index is 11.3. The van der Waals surface area contributed by atoms with Crippen molar-refractivity contribution in [2.75, 3.05) is 0 Å². The summed E-state index contributed by atoms with van der Waals surface area (Å²) < 4.78 is 4.54. The van der Waals surface area contributed by atoms with E-state index in [1.807, 2.05) is 0 Å². The first-order valence-electron chi connectivity index (χ1n) is 8.09. The molecule has 0 radical (unpaired) electrons. The highest BCUT2D eigenvalue weighted by molar-refractivity contribution is 5.94. The predicted molar refractivity (Wildman–Crippen MR) is 80.2 cm³/mol. The number of rotatable bonds is 11. The summed E-state index contributed by atoms with van der Waals surface area (Å²) in [6, 6.07) is 0. The van der Waals surface area contributed by atoms with Crippen LogP contribution in [-0.4, -0.2) is 11.9 Å². The van der Waals surface area contributed by atoms with Crippen LogP contribution >= 0.6 is 0 Å². The molecule has 1 aliphatic heterocycles. The van der Waals surface area contributed by atoms with E-state index >= 15 is 0 Å². The second kappa shape index (κ2) is 10.6. The second-order valence-electron chi connectivity index (χ2n) is 5.67. The molecule has 1 heterocycles. The Kier molecular flexibility index (Phi) is 9.01. The zero-order valence-electron chi connectivity index (χ0n) is 12.7. The van der Waals surface area contributed by atoms with Crippen LogP contribution in [0.25, 0.3) is 0 Å². The number of cyclic esters (lactones) is 2. The number of unbranched alkanes of at least 4 members (excludes halogenated alkanes) is 8. The minimum atomic E-state index is -0.349. The van der Waals surface area contributed by atoms with Gasteiger partial charge < -0.3 is 4.74 Å². The number of carbonyl (C=O) groups is 2. The highest BCUT2D eigenvalue weighted by Crippen LogP contribution is 2.22. The van der Waals surface area contributed by atoms with Gasteiger partial charge in [-0.3, -0.25) is 9.59 Å². The summed E-state index contributed by atoms with van der Waals surface area (Å²) in [4.78, 5) is 22.2. The molecule has 1 fully saturated rings. The minimum absolute atomic E-state index is 0.158. The molecule has 0 saturated carbocycles. The van der Waals surface area contributed by atoms with Crippen molar-refractivity contribution in [2.24, 2.45) is 5.92 Å². The van der Waals surface area contributed by atoms with Gasteiger partial charge in [-0.25, -0.2) is 0 Å². The fraction of sp³-hybridized carbons (Fsp3) is 0.765. The highest BCUT2D eigenvalue weighted by atomic mass is 16.6. The third-order valence-corrected chi connectivity index (χ3v) is 3.87. The number of ether oxygens (including phenoxy) is 1. The Balaban J connectivity index is 1.83. The average molecular weight is 280 g/mol. The number of carbonyl (C=O) groups excluding carboxylic acids is 2. The van der Waals surface area contributed by atoms with Crippen molar-refractivity contribution < 1.29 is 14.3 Å². The van der Waals surface area contributed by atoms with E-state index in [-0.39, 0.29) is 17.9 Å². The largest absolute Gasteiger partial charge is 0.393 e. The van der Waals surface area contributed by atoms with E-state index in [2.05, 4.69) is 23.8 Å². The van der Waals surface area contributed by atoms with Gasteiger partial charge in [0.1, 0.15) is 0 Å². The molecule has 0 bridgehead atoms. The van der Waals surface area contributed by atoms with Crippen molar-refractivity contribution in [3.05, 3.63) is 12.2 Å². The monoisotopic (exact) mass is 280 g/mol. The number of esters is 2. The fourth-order valence-electron chi connectivity index (χ4n) is 2.62. The van der Waals surface area contributed by atoms with Crippen LogP contribution in [0.4, 0.5) is 0 Å². The molecule has 0 aromatic rings. The van der Waals surface area contributed by atoms with Crippen molar-refractivity contribution in [1.82, 2.24) is 0 Å². The van der Waals surface area contributed by atoms with Gasteiger partial charge in [-0.1, -0.05) is 57.1 Å². The highest BCUT2D eigenvalue weighted by Gasteiger charge is 2.32. The van der Waals surface area contributed by atoms with Gasteiger partial charge in [0.25, 0.3) is 0 Å². The van der Waals surface area contributed by atoms with Crippen LogP contribution < -0.4 is 0 Å².